The zero-order chi connectivity index (χ0) is 11.5. The van der Waals surface area contributed by atoms with Crippen molar-refractivity contribution >= 4 is 5.97 Å². The average Bonchev–Trinajstić information content (AvgIpc) is 2.25. The van der Waals surface area contributed by atoms with Crippen LogP contribution in [0.2, 0.25) is 0 Å². The molecule has 0 bridgehead atoms. The Bertz CT molecular complexity index is 221. The van der Waals surface area contributed by atoms with Gasteiger partial charge in [-0.15, -0.1) is 0 Å². The van der Waals surface area contributed by atoms with Gasteiger partial charge in [-0.3, -0.25) is 4.79 Å². The number of rotatable bonds is 8. The Morgan fingerprint density at radius 2 is 2.00 bits per heavy atom. The van der Waals surface area contributed by atoms with Crippen LogP contribution < -0.4 is 0 Å². The minimum Gasteiger partial charge on any atom is -0.454 e. The lowest BCUT2D eigenvalue weighted by Crippen LogP contribution is -2.12. The lowest BCUT2D eigenvalue weighted by molar-refractivity contribution is -0.144. The number of hydrogen-bond acceptors (Lipinski definition) is 2. The minimum absolute atomic E-state index is 0.243. The van der Waals surface area contributed by atoms with Gasteiger partial charge in [0.25, 0.3) is 0 Å². The smallest absolute Gasteiger partial charge is 0.310 e. The summed E-state index contributed by atoms with van der Waals surface area (Å²) in [5.41, 5.74) is 0. The van der Waals surface area contributed by atoms with E-state index in [0.29, 0.717) is 6.42 Å². The number of hydrogen-bond donors (Lipinski definition) is 0. The third-order valence-corrected chi connectivity index (χ3v) is 1.91. The first-order valence-corrected chi connectivity index (χ1v) is 5.34. The summed E-state index contributed by atoms with van der Waals surface area (Å²) in [6, 6.07) is 0. The summed E-state index contributed by atoms with van der Waals surface area (Å²) in [4.78, 5) is 11.2. The number of carbonyl (C=O) groups excluding carboxylic acids is 1. The topological polar surface area (TPSA) is 26.3 Å². The summed E-state index contributed by atoms with van der Waals surface area (Å²) >= 11 is 0. The first kappa shape index (κ1) is 13.7. The van der Waals surface area contributed by atoms with Crippen molar-refractivity contribution in [2.24, 2.45) is 0 Å². The van der Waals surface area contributed by atoms with E-state index in [0.717, 1.165) is 12.8 Å². The summed E-state index contributed by atoms with van der Waals surface area (Å²) in [6.07, 6.45) is 10.3. The molecule has 15 heavy (non-hydrogen) atoms. The molecule has 2 heteroatoms. The van der Waals surface area contributed by atoms with Crippen molar-refractivity contribution in [3.05, 3.63) is 37.5 Å². The molecular weight excluding hydrogens is 188 g/mol. The predicted molar refractivity (Wildman–Crippen MR) is 63.6 cm³/mol. The summed E-state index contributed by atoms with van der Waals surface area (Å²) in [5, 5.41) is 0. The van der Waals surface area contributed by atoms with Gasteiger partial charge >= 0.3 is 5.97 Å². The fraction of sp³-hybridized carbons (Fsp3) is 0.462. The Balaban J connectivity index is 3.69. The van der Waals surface area contributed by atoms with Crippen molar-refractivity contribution in [1.82, 2.24) is 0 Å². The predicted octanol–water partition coefficient (Wildman–Crippen LogP) is 3.41. The first-order valence-electron chi connectivity index (χ1n) is 5.34. The molecule has 0 fully saturated rings. The zero-order valence-corrected chi connectivity index (χ0v) is 9.45. The number of esters is 1. The average molecular weight is 208 g/mol. The fourth-order valence-electron chi connectivity index (χ4n) is 1.01. The molecule has 0 radical (unpaired) electrons. The van der Waals surface area contributed by atoms with E-state index in [9.17, 15) is 4.79 Å². The molecule has 0 aliphatic heterocycles. The molecule has 0 aromatic heterocycles. The zero-order valence-electron chi connectivity index (χ0n) is 9.45. The maximum Gasteiger partial charge on any atom is 0.310 e. The molecule has 0 rings (SSSR count). The number of carbonyl (C=O) groups is 1. The van der Waals surface area contributed by atoms with Gasteiger partial charge < -0.3 is 4.74 Å². The van der Waals surface area contributed by atoms with E-state index in [1.807, 2.05) is 12.2 Å². The van der Waals surface area contributed by atoms with Gasteiger partial charge in [0.2, 0.25) is 0 Å². The van der Waals surface area contributed by atoms with Gasteiger partial charge in [-0.25, -0.2) is 0 Å². The van der Waals surface area contributed by atoms with Crippen LogP contribution in [0.1, 0.15) is 32.6 Å². The highest BCUT2D eigenvalue weighted by Crippen LogP contribution is 2.00. The molecule has 0 unspecified atom stereocenters. The van der Waals surface area contributed by atoms with Crippen LogP contribution in [0.15, 0.2) is 37.5 Å². The first-order chi connectivity index (χ1) is 7.24. The van der Waals surface area contributed by atoms with Crippen LogP contribution in [-0.4, -0.2) is 12.1 Å². The third kappa shape index (κ3) is 7.74. The van der Waals surface area contributed by atoms with Gasteiger partial charge in [-0.2, -0.15) is 0 Å². The van der Waals surface area contributed by atoms with Gasteiger partial charge in [0.05, 0.1) is 6.42 Å². The van der Waals surface area contributed by atoms with Crippen LogP contribution in [0.5, 0.6) is 0 Å². The highest BCUT2D eigenvalue weighted by Gasteiger charge is 2.04. The number of ether oxygens (including phenoxy) is 1. The van der Waals surface area contributed by atoms with E-state index in [1.54, 1.807) is 12.2 Å². The molecular formula is C13H20O2. The molecule has 0 spiro atoms. The third-order valence-electron chi connectivity index (χ3n) is 1.91. The van der Waals surface area contributed by atoms with Gasteiger partial charge in [0.1, 0.15) is 6.10 Å². The summed E-state index contributed by atoms with van der Waals surface area (Å²) in [6.45, 7) is 9.22. The lowest BCUT2D eigenvalue weighted by Gasteiger charge is -2.07. The molecule has 0 saturated carbocycles. The highest BCUT2D eigenvalue weighted by atomic mass is 16.5. The highest BCUT2D eigenvalue weighted by molar-refractivity contribution is 5.71. The van der Waals surface area contributed by atoms with Crippen molar-refractivity contribution in [1.29, 1.82) is 0 Å². The molecule has 0 saturated heterocycles. The normalized spacial score (nSPS) is 10.5. The maximum absolute atomic E-state index is 11.2. The molecule has 2 nitrogen and oxygen atoms in total. The maximum atomic E-state index is 11.2. The quantitative estimate of drug-likeness (QED) is 0.347. The van der Waals surface area contributed by atoms with E-state index in [-0.39, 0.29) is 12.1 Å². The second-order valence-electron chi connectivity index (χ2n) is 3.24. The van der Waals surface area contributed by atoms with Crippen LogP contribution in [-0.2, 0) is 9.53 Å². The van der Waals surface area contributed by atoms with Crippen molar-refractivity contribution in [3.8, 4) is 0 Å². The Hall–Kier alpha value is -1.31. The van der Waals surface area contributed by atoms with Crippen molar-refractivity contribution < 1.29 is 9.53 Å². The van der Waals surface area contributed by atoms with Crippen molar-refractivity contribution in [3.63, 3.8) is 0 Å². The lowest BCUT2D eigenvalue weighted by atomic mass is 10.2. The molecule has 0 atom stereocenters. The molecule has 0 aliphatic carbocycles. The van der Waals surface area contributed by atoms with Crippen molar-refractivity contribution in [2.45, 2.75) is 38.7 Å². The molecule has 0 N–H and O–H groups in total. The fourth-order valence-corrected chi connectivity index (χ4v) is 1.01. The van der Waals surface area contributed by atoms with E-state index >= 15 is 0 Å². The van der Waals surface area contributed by atoms with Gasteiger partial charge in [-0.05, 0) is 18.6 Å². The Morgan fingerprint density at radius 3 is 2.53 bits per heavy atom. The monoisotopic (exact) mass is 208 g/mol. The van der Waals surface area contributed by atoms with Crippen molar-refractivity contribution in [2.75, 3.05) is 0 Å². The Kier molecular flexibility index (Phi) is 8.44. The van der Waals surface area contributed by atoms with Crippen LogP contribution >= 0.6 is 0 Å². The number of allylic oxidation sites excluding steroid dienone is 1. The van der Waals surface area contributed by atoms with Crippen LogP contribution in [0.4, 0.5) is 0 Å². The molecule has 0 heterocycles. The van der Waals surface area contributed by atoms with E-state index in [1.165, 1.54) is 6.42 Å². The van der Waals surface area contributed by atoms with E-state index in [2.05, 4.69) is 20.1 Å². The summed E-state index contributed by atoms with van der Waals surface area (Å²) < 4.78 is 5.03. The van der Waals surface area contributed by atoms with Crippen LogP contribution in [0, 0.1) is 0 Å². The molecule has 0 aliphatic rings. The second-order valence-corrected chi connectivity index (χ2v) is 3.24. The van der Waals surface area contributed by atoms with Crippen LogP contribution in [0.3, 0.4) is 0 Å². The van der Waals surface area contributed by atoms with Gasteiger partial charge in [-0.1, -0.05) is 45.1 Å². The molecule has 0 aromatic carbocycles. The minimum atomic E-state index is -0.374. The largest absolute Gasteiger partial charge is 0.454 e. The van der Waals surface area contributed by atoms with Gasteiger partial charge in [0, 0.05) is 0 Å². The van der Waals surface area contributed by atoms with Gasteiger partial charge in [0.15, 0.2) is 0 Å². The Labute approximate surface area is 92.3 Å². The SMILES string of the molecule is C=CC(C=C)OC(=O)C/C=C/CCCC. The summed E-state index contributed by atoms with van der Waals surface area (Å²) in [7, 11) is 0. The standard InChI is InChI=1S/C13H20O2/c1-4-7-8-9-10-11-13(14)15-12(5-2)6-3/h5-6,9-10,12H,2-4,7-8,11H2,1H3/b10-9+. The number of unbranched alkanes of at least 4 members (excludes halogenated alkanes) is 2. The van der Waals surface area contributed by atoms with E-state index in [4.69, 9.17) is 4.74 Å². The van der Waals surface area contributed by atoms with Crippen LogP contribution in [0.25, 0.3) is 0 Å². The second kappa shape index (κ2) is 9.25. The Morgan fingerprint density at radius 1 is 1.33 bits per heavy atom. The molecule has 84 valence electrons. The summed E-state index contributed by atoms with van der Waals surface area (Å²) in [5.74, 6) is -0.243. The molecule has 0 aromatic rings. The van der Waals surface area contributed by atoms with E-state index < -0.39 is 0 Å². The molecule has 0 amide bonds.